The van der Waals surface area contributed by atoms with Crippen molar-refractivity contribution in [1.82, 2.24) is 24.1 Å². The van der Waals surface area contributed by atoms with Gasteiger partial charge in [0.2, 0.25) is 0 Å². The summed E-state index contributed by atoms with van der Waals surface area (Å²) in [5.41, 5.74) is 3.48. The molecule has 25 heavy (non-hydrogen) atoms. The van der Waals surface area contributed by atoms with Gasteiger partial charge in [0, 0.05) is 36.9 Å². The zero-order valence-corrected chi connectivity index (χ0v) is 13.8. The van der Waals surface area contributed by atoms with Crippen LogP contribution in [-0.2, 0) is 13.1 Å². The third-order valence-corrected chi connectivity index (χ3v) is 4.22. The predicted molar refractivity (Wildman–Crippen MR) is 94.7 cm³/mol. The first-order valence-electron chi connectivity index (χ1n) is 8.11. The number of benzene rings is 1. The minimum atomic E-state index is 0.606. The monoisotopic (exact) mass is 328 g/mol. The third-order valence-electron chi connectivity index (χ3n) is 4.22. The highest BCUT2D eigenvalue weighted by Gasteiger charge is 2.13. The predicted octanol–water partition coefficient (Wildman–Crippen LogP) is 3.23. The Balaban J connectivity index is 1.77. The lowest BCUT2D eigenvalue weighted by Crippen LogP contribution is -2.08. The Morgan fingerprint density at radius 2 is 2.12 bits per heavy atom. The minimum Gasteiger partial charge on any atom is -0.327 e. The van der Waals surface area contributed by atoms with Gasteiger partial charge in [0.15, 0.2) is 0 Å². The molecule has 0 saturated heterocycles. The fraction of sp³-hybridized carbons (Fsp3) is 0.158. The highest BCUT2D eigenvalue weighted by atomic mass is 15.1. The molecule has 0 fully saturated rings. The summed E-state index contributed by atoms with van der Waals surface area (Å²) in [4.78, 5) is 13.4. The molecule has 3 aromatic heterocycles. The van der Waals surface area contributed by atoms with Crippen LogP contribution in [-0.4, -0.2) is 24.1 Å². The SMILES string of the molecule is CCn1c(Cn2ccnc2-c2cccnc2)nc2cc(C#N)ccc21. The van der Waals surface area contributed by atoms with Gasteiger partial charge in [0.25, 0.3) is 0 Å². The summed E-state index contributed by atoms with van der Waals surface area (Å²) in [6.45, 7) is 3.52. The average Bonchev–Trinajstić information content (AvgIpc) is 3.25. The van der Waals surface area contributed by atoms with E-state index in [4.69, 9.17) is 10.2 Å². The van der Waals surface area contributed by atoms with E-state index in [0.717, 1.165) is 34.8 Å². The van der Waals surface area contributed by atoms with Crippen LogP contribution in [0.15, 0.2) is 55.1 Å². The zero-order valence-electron chi connectivity index (χ0n) is 13.8. The lowest BCUT2D eigenvalue weighted by atomic mass is 10.2. The van der Waals surface area contributed by atoms with E-state index in [1.807, 2.05) is 36.5 Å². The molecule has 0 spiro atoms. The van der Waals surface area contributed by atoms with Crippen molar-refractivity contribution >= 4 is 11.0 Å². The summed E-state index contributed by atoms with van der Waals surface area (Å²) in [5.74, 6) is 1.80. The Hall–Kier alpha value is -3.46. The van der Waals surface area contributed by atoms with Crippen molar-refractivity contribution in [3.05, 3.63) is 66.5 Å². The fourth-order valence-corrected chi connectivity index (χ4v) is 3.07. The molecule has 4 aromatic rings. The largest absolute Gasteiger partial charge is 0.327 e. The van der Waals surface area contributed by atoms with Crippen LogP contribution >= 0.6 is 0 Å². The van der Waals surface area contributed by atoms with Crippen molar-refractivity contribution in [2.45, 2.75) is 20.0 Å². The van der Waals surface area contributed by atoms with Crippen molar-refractivity contribution in [1.29, 1.82) is 5.26 Å². The summed E-state index contributed by atoms with van der Waals surface area (Å²) in [7, 11) is 0. The second kappa shape index (κ2) is 6.21. The molecule has 4 rings (SSSR count). The first-order chi connectivity index (χ1) is 12.3. The first-order valence-corrected chi connectivity index (χ1v) is 8.11. The molecule has 0 saturated carbocycles. The van der Waals surface area contributed by atoms with Crippen LogP contribution in [0, 0.1) is 11.3 Å². The van der Waals surface area contributed by atoms with Gasteiger partial charge in [-0.25, -0.2) is 9.97 Å². The van der Waals surface area contributed by atoms with Gasteiger partial charge in [-0.05, 0) is 37.3 Å². The number of hydrogen-bond donors (Lipinski definition) is 0. The Morgan fingerprint density at radius 1 is 1.20 bits per heavy atom. The van der Waals surface area contributed by atoms with Gasteiger partial charge in [-0.15, -0.1) is 0 Å². The van der Waals surface area contributed by atoms with Crippen molar-refractivity contribution in [3.63, 3.8) is 0 Å². The summed E-state index contributed by atoms with van der Waals surface area (Å²) in [6, 6.07) is 11.7. The van der Waals surface area contributed by atoms with Crippen LogP contribution in [0.5, 0.6) is 0 Å². The maximum absolute atomic E-state index is 9.10. The molecule has 0 unspecified atom stereocenters. The highest BCUT2D eigenvalue weighted by Crippen LogP contribution is 2.21. The number of aromatic nitrogens is 5. The molecule has 3 heterocycles. The Labute approximate surface area is 145 Å². The molecule has 0 N–H and O–H groups in total. The summed E-state index contributed by atoms with van der Waals surface area (Å²) in [5, 5.41) is 9.10. The smallest absolute Gasteiger partial charge is 0.141 e. The number of nitriles is 1. The lowest BCUT2D eigenvalue weighted by molar-refractivity contribution is 0.667. The van der Waals surface area contributed by atoms with E-state index in [0.29, 0.717) is 12.1 Å². The van der Waals surface area contributed by atoms with Gasteiger partial charge in [0.1, 0.15) is 11.6 Å². The fourth-order valence-electron chi connectivity index (χ4n) is 3.07. The average molecular weight is 328 g/mol. The lowest BCUT2D eigenvalue weighted by Gasteiger charge is -2.09. The van der Waals surface area contributed by atoms with E-state index in [2.05, 4.69) is 32.1 Å². The van der Waals surface area contributed by atoms with E-state index in [1.165, 1.54) is 0 Å². The summed E-state index contributed by atoms with van der Waals surface area (Å²) in [6.07, 6.45) is 7.29. The van der Waals surface area contributed by atoms with Gasteiger partial charge in [-0.2, -0.15) is 5.26 Å². The molecule has 1 aromatic carbocycles. The molecule has 0 bridgehead atoms. The van der Waals surface area contributed by atoms with Crippen LogP contribution in [0.3, 0.4) is 0 Å². The molecule has 0 amide bonds. The molecule has 6 heteroatoms. The van der Waals surface area contributed by atoms with Crippen molar-refractivity contribution in [2.75, 3.05) is 0 Å². The number of nitrogens with zero attached hydrogens (tertiary/aromatic N) is 6. The molecular weight excluding hydrogens is 312 g/mol. The quantitative estimate of drug-likeness (QED) is 0.576. The molecule has 122 valence electrons. The third kappa shape index (κ3) is 2.66. The van der Waals surface area contributed by atoms with Crippen molar-refractivity contribution < 1.29 is 0 Å². The van der Waals surface area contributed by atoms with Gasteiger partial charge in [-0.3, -0.25) is 4.98 Å². The molecule has 0 aliphatic rings. The van der Waals surface area contributed by atoms with E-state index in [9.17, 15) is 0 Å². The molecular formula is C19H16N6. The standard InChI is InChI=1S/C19H16N6/c1-2-25-17-6-5-14(11-20)10-16(17)23-18(25)13-24-9-8-22-19(24)15-4-3-7-21-12-15/h3-10,12H,2,13H2,1H3. The van der Waals surface area contributed by atoms with Gasteiger partial charge in [0.05, 0.1) is 29.2 Å². The Morgan fingerprint density at radius 3 is 2.88 bits per heavy atom. The molecule has 6 nitrogen and oxygen atoms in total. The minimum absolute atomic E-state index is 0.606. The maximum atomic E-state index is 9.10. The van der Waals surface area contributed by atoms with Gasteiger partial charge >= 0.3 is 0 Å². The topological polar surface area (TPSA) is 72.3 Å². The molecule has 0 atom stereocenters. The number of rotatable bonds is 4. The van der Waals surface area contributed by atoms with E-state index in [-0.39, 0.29) is 0 Å². The van der Waals surface area contributed by atoms with E-state index >= 15 is 0 Å². The maximum Gasteiger partial charge on any atom is 0.141 e. The summed E-state index contributed by atoms with van der Waals surface area (Å²) < 4.78 is 4.24. The number of hydrogen-bond acceptors (Lipinski definition) is 4. The number of pyridine rings is 1. The highest BCUT2D eigenvalue weighted by molar-refractivity contribution is 5.77. The molecule has 0 aliphatic heterocycles. The number of fused-ring (bicyclic) bond motifs is 1. The summed E-state index contributed by atoms with van der Waals surface area (Å²) >= 11 is 0. The van der Waals surface area contributed by atoms with Crippen LogP contribution in [0.25, 0.3) is 22.4 Å². The van der Waals surface area contributed by atoms with Crippen LogP contribution in [0.4, 0.5) is 0 Å². The van der Waals surface area contributed by atoms with E-state index < -0.39 is 0 Å². The second-order valence-corrected chi connectivity index (χ2v) is 5.71. The second-order valence-electron chi connectivity index (χ2n) is 5.71. The number of imidazole rings is 2. The van der Waals surface area contributed by atoms with Crippen molar-refractivity contribution in [3.8, 4) is 17.5 Å². The Bertz CT molecular complexity index is 1070. The van der Waals surface area contributed by atoms with Crippen LogP contribution < -0.4 is 0 Å². The molecule has 0 radical (unpaired) electrons. The van der Waals surface area contributed by atoms with Crippen LogP contribution in [0.1, 0.15) is 18.3 Å². The van der Waals surface area contributed by atoms with Gasteiger partial charge in [-0.1, -0.05) is 0 Å². The number of aryl methyl sites for hydroxylation is 1. The Kier molecular flexibility index (Phi) is 3.75. The zero-order chi connectivity index (χ0) is 17.2. The first kappa shape index (κ1) is 15.1. The van der Waals surface area contributed by atoms with Crippen molar-refractivity contribution in [2.24, 2.45) is 0 Å². The van der Waals surface area contributed by atoms with E-state index in [1.54, 1.807) is 18.6 Å². The van der Waals surface area contributed by atoms with Crippen LogP contribution in [0.2, 0.25) is 0 Å². The normalized spacial score (nSPS) is 10.9. The molecule has 0 aliphatic carbocycles. The van der Waals surface area contributed by atoms with Gasteiger partial charge < -0.3 is 9.13 Å².